The number of aromatic amines is 1. The third-order valence-electron chi connectivity index (χ3n) is 3.84. The maximum Gasteiger partial charge on any atom is 0.179 e. The molecule has 20 heavy (non-hydrogen) atoms. The summed E-state index contributed by atoms with van der Waals surface area (Å²) in [5.74, 6) is 0. The second kappa shape index (κ2) is 4.10. The maximum absolute atomic E-state index is 9.07. The largest absolute Gasteiger partial charge is 0.346 e. The van der Waals surface area contributed by atoms with Crippen molar-refractivity contribution in [3.63, 3.8) is 0 Å². The number of nitrogens with zero attached hydrogens (tertiary/aromatic N) is 3. The third kappa shape index (κ3) is 1.57. The summed E-state index contributed by atoms with van der Waals surface area (Å²) in [5.41, 5.74) is 5.66. The molecular weight excluding hydrogens is 248 g/mol. The van der Waals surface area contributed by atoms with Crippen molar-refractivity contribution in [3.05, 3.63) is 53.9 Å². The molecule has 2 aromatic heterocycles. The number of pyridine rings is 1. The van der Waals surface area contributed by atoms with E-state index in [4.69, 9.17) is 5.26 Å². The average Bonchev–Trinajstić information content (AvgIpc) is 3.11. The summed E-state index contributed by atoms with van der Waals surface area (Å²) in [6.07, 6.45) is 6.02. The molecule has 0 unspecified atom stereocenters. The lowest BCUT2D eigenvalue weighted by Crippen LogP contribution is -2.07. The van der Waals surface area contributed by atoms with E-state index >= 15 is 0 Å². The van der Waals surface area contributed by atoms with Crippen LogP contribution in [0.25, 0.3) is 22.2 Å². The van der Waals surface area contributed by atoms with Crippen molar-refractivity contribution in [1.82, 2.24) is 14.9 Å². The predicted molar refractivity (Wildman–Crippen MR) is 76.4 cm³/mol. The molecule has 0 atom stereocenters. The highest BCUT2D eigenvalue weighted by Crippen LogP contribution is 2.32. The first-order valence-electron chi connectivity index (χ1n) is 6.54. The van der Waals surface area contributed by atoms with Crippen LogP contribution < -0.4 is 0 Å². The van der Waals surface area contributed by atoms with Crippen molar-refractivity contribution in [3.8, 4) is 17.3 Å². The molecule has 0 aliphatic carbocycles. The fourth-order valence-corrected chi connectivity index (χ4v) is 2.85. The number of benzene rings is 1. The molecule has 0 spiro atoms. The zero-order chi connectivity index (χ0) is 13.5. The number of hydrogen-bond donors (Lipinski definition) is 1. The molecule has 0 fully saturated rings. The van der Waals surface area contributed by atoms with Gasteiger partial charge in [0.1, 0.15) is 5.65 Å². The fourth-order valence-electron chi connectivity index (χ4n) is 2.85. The molecule has 1 aliphatic rings. The van der Waals surface area contributed by atoms with E-state index in [0.717, 1.165) is 16.6 Å². The van der Waals surface area contributed by atoms with Gasteiger partial charge in [0.15, 0.2) is 6.19 Å². The standard InChI is InChI=1S/C16H12N4/c17-10-20-8-12-2-1-3-14(15(12)9-20)13-6-11-4-5-18-16(11)19-7-13/h1-7H,8-9H2,(H,18,19). The first-order chi connectivity index (χ1) is 9.85. The lowest BCUT2D eigenvalue weighted by atomic mass is 9.98. The number of hydrogen-bond acceptors (Lipinski definition) is 3. The van der Waals surface area contributed by atoms with E-state index < -0.39 is 0 Å². The Labute approximate surface area is 116 Å². The van der Waals surface area contributed by atoms with Crippen LogP contribution in [-0.4, -0.2) is 14.9 Å². The van der Waals surface area contributed by atoms with Crippen molar-refractivity contribution in [2.45, 2.75) is 13.1 Å². The van der Waals surface area contributed by atoms with E-state index in [2.05, 4.69) is 40.4 Å². The molecule has 3 heterocycles. The molecule has 1 aromatic carbocycles. The van der Waals surface area contributed by atoms with Crippen LogP contribution in [0.4, 0.5) is 0 Å². The van der Waals surface area contributed by atoms with Crippen LogP contribution in [0.15, 0.2) is 42.7 Å². The van der Waals surface area contributed by atoms with Gasteiger partial charge >= 0.3 is 0 Å². The van der Waals surface area contributed by atoms with Gasteiger partial charge < -0.3 is 9.88 Å². The summed E-state index contributed by atoms with van der Waals surface area (Å²) in [5, 5.41) is 10.2. The Morgan fingerprint density at radius 1 is 1.25 bits per heavy atom. The number of H-pyrrole nitrogens is 1. The zero-order valence-electron chi connectivity index (χ0n) is 10.8. The van der Waals surface area contributed by atoms with Gasteiger partial charge in [-0.05, 0) is 28.8 Å². The van der Waals surface area contributed by atoms with Crippen molar-refractivity contribution >= 4 is 11.0 Å². The summed E-state index contributed by atoms with van der Waals surface area (Å²) in [7, 11) is 0. The predicted octanol–water partition coefficient (Wildman–Crippen LogP) is 3.03. The van der Waals surface area contributed by atoms with Crippen LogP contribution in [0.3, 0.4) is 0 Å². The number of rotatable bonds is 1. The number of fused-ring (bicyclic) bond motifs is 2. The van der Waals surface area contributed by atoms with Crippen molar-refractivity contribution in [2.75, 3.05) is 0 Å². The third-order valence-corrected chi connectivity index (χ3v) is 3.84. The highest BCUT2D eigenvalue weighted by molar-refractivity contribution is 5.82. The van der Waals surface area contributed by atoms with Gasteiger partial charge in [-0.25, -0.2) is 4.98 Å². The second-order valence-electron chi connectivity index (χ2n) is 5.04. The van der Waals surface area contributed by atoms with E-state index in [9.17, 15) is 0 Å². The monoisotopic (exact) mass is 260 g/mol. The molecule has 0 bridgehead atoms. The Hall–Kier alpha value is -2.80. The molecular formula is C16H12N4. The van der Waals surface area contributed by atoms with E-state index in [1.54, 1.807) is 4.90 Å². The molecule has 96 valence electrons. The van der Waals surface area contributed by atoms with Crippen LogP contribution in [0.1, 0.15) is 11.1 Å². The Balaban J connectivity index is 1.87. The van der Waals surface area contributed by atoms with Gasteiger partial charge in [0, 0.05) is 23.3 Å². The highest BCUT2D eigenvalue weighted by Gasteiger charge is 2.21. The van der Waals surface area contributed by atoms with Crippen LogP contribution in [0.5, 0.6) is 0 Å². The van der Waals surface area contributed by atoms with E-state index in [-0.39, 0.29) is 0 Å². The minimum absolute atomic E-state index is 0.688. The van der Waals surface area contributed by atoms with Crippen LogP contribution in [-0.2, 0) is 13.1 Å². The second-order valence-corrected chi connectivity index (χ2v) is 5.04. The van der Waals surface area contributed by atoms with Gasteiger partial charge in [0.05, 0.1) is 13.1 Å². The van der Waals surface area contributed by atoms with Gasteiger partial charge in [-0.15, -0.1) is 0 Å². The molecule has 1 aliphatic heterocycles. The van der Waals surface area contributed by atoms with Gasteiger partial charge in [0.25, 0.3) is 0 Å². The Bertz CT molecular complexity index is 841. The molecule has 0 saturated heterocycles. The molecule has 4 heteroatoms. The smallest absolute Gasteiger partial charge is 0.179 e. The van der Waals surface area contributed by atoms with Crippen molar-refractivity contribution in [2.24, 2.45) is 0 Å². The van der Waals surface area contributed by atoms with E-state index in [1.165, 1.54) is 16.7 Å². The van der Waals surface area contributed by atoms with Gasteiger partial charge in [-0.1, -0.05) is 18.2 Å². The summed E-state index contributed by atoms with van der Waals surface area (Å²) < 4.78 is 0. The zero-order valence-corrected chi connectivity index (χ0v) is 10.8. The lowest BCUT2D eigenvalue weighted by Gasteiger charge is -2.08. The minimum atomic E-state index is 0.688. The van der Waals surface area contributed by atoms with Gasteiger partial charge in [-0.2, -0.15) is 5.26 Å². The van der Waals surface area contributed by atoms with Gasteiger partial charge in [-0.3, -0.25) is 0 Å². The number of nitriles is 1. The van der Waals surface area contributed by atoms with Crippen LogP contribution >= 0.6 is 0 Å². The SMILES string of the molecule is N#CN1Cc2cccc(-c3cnc4[nH]ccc4c3)c2C1. The fraction of sp³-hybridized carbons (Fsp3) is 0.125. The molecule has 0 radical (unpaired) electrons. The first kappa shape index (κ1) is 11.1. The molecule has 1 N–H and O–H groups in total. The molecule has 3 aromatic rings. The van der Waals surface area contributed by atoms with E-state index in [1.807, 2.05) is 18.5 Å². The summed E-state index contributed by atoms with van der Waals surface area (Å²) in [4.78, 5) is 9.33. The summed E-state index contributed by atoms with van der Waals surface area (Å²) >= 11 is 0. The lowest BCUT2D eigenvalue weighted by molar-refractivity contribution is 0.417. The highest BCUT2D eigenvalue weighted by atomic mass is 15.1. The topological polar surface area (TPSA) is 55.7 Å². The quantitative estimate of drug-likeness (QED) is 0.684. The maximum atomic E-state index is 9.07. The van der Waals surface area contributed by atoms with Crippen molar-refractivity contribution in [1.29, 1.82) is 5.26 Å². The van der Waals surface area contributed by atoms with Crippen LogP contribution in [0.2, 0.25) is 0 Å². The van der Waals surface area contributed by atoms with Crippen molar-refractivity contribution < 1.29 is 0 Å². The summed E-state index contributed by atoms with van der Waals surface area (Å²) in [6.45, 7) is 1.40. The average molecular weight is 260 g/mol. The number of nitrogens with one attached hydrogen (secondary N) is 1. The summed E-state index contributed by atoms with van der Waals surface area (Å²) in [6, 6.07) is 10.4. The Kier molecular flexibility index (Phi) is 2.27. The Morgan fingerprint density at radius 3 is 3.10 bits per heavy atom. The molecule has 0 saturated carbocycles. The number of aromatic nitrogens is 2. The van der Waals surface area contributed by atoms with Crippen LogP contribution in [0, 0.1) is 11.5 Å². The Morgan fingerprint density at radius 2 is 2.20 bits per heavy atom. The van der Waals surface area contributed by atoms with E-state index in [0.29, 0.717) is 13.1 Å². The molecule has 4 rings (SSSR count). The minimum Gasteiger partial charge on any atom is -0.346 e. The van der Waals surface area contributed by atoms with Gasteiger partial charge in [0.2, 0.25) is 0 Å². The normalized spacial score (nSPS) is 13.4. The first-order valence-corrected chi connectivity index (χ1v) is 6.54. The molecule has 4 nitrogen and oxygen atoms in total. The molecule has 0 amide bonds.